The van der Waals surface area contributed by atoms with E-state index in [2.05, 4.69) is 26.3 Å². The van der Waals surface area contributed by atoms with Crippen molar-refractivity contribution in [1.82, 2.24) is 10.6 Å². The normalized spacial score (nSPS) is 13.1. The standard InChI is InChI=1S/C22H23N5O4/c1-23-21(31)18-13-17(8-6-14(18)7-9-19(28)29)26-20(30)15-4-2-5-16(12-15)27-22-24-10-3-11-25-22/h2,4-9,12-13H,3,10-11H2,1H3,(H,23,31)(H,26,30)(H,28,29)(H2,24,25,27). The van der Waals surface area contributed by atoms with Gasteiger partial charge in [-0.05, 0) is 48.4 Å². The fourth-order valence-corrected chi connectivity index (χ4v) is 2.97. The number of nitrogens with zero attached hydrogens (tertiary/aromatic N) is 1. The summed E-state index contributed by atoms with van der Waals surface area (Å²) in [7, 11) is 1.47. The molecule has 0 atom stereocenters. The number of carboxylic acids is 1. The Labute approximate surface area is 179 Å². The van der Waals surface area contributed by atoms with E-state index in [0.29, 0.717) is 22.8 Å². The van der Waals surface area contributed by atoms with Crippen molar-refractivity contribution in [1.29, 1.82) is 0 Å². The van der Waals surface area contributed by atoms with Crippen LogP contribution in [0, 0.1) is 0 Å². The maximum Gasteiger partial charge on any atom is 0.328 e. The van der Waals surface area contributed by atoms with Gasteiger partial charge in [0, 0.05) is 48.7 Å². The second-order valence-electron chi connectivity index (χ2n) is 6.72. The van der Waals surface area contributed by atoms with Gasteiger partial charge in [0.05, 0.1) is 0 Å². The molecule has 2 aromatic carbocycles. The Balaban J connectivity index is 1.78. The molecule has 0 aliphatic carbocycles. The predicted octanol–water partition coefficient (Wildman–Crippen LogP) is 2.16. The molecule has 1 heterocycles. The lowest BCUT2D eigenvalue weighted by molar-refractivity contribution is -0.131. The molecule has 160 valence electrons. The van der Waals surface area contributed by atoms with Gasteiger partial charge in [-0.2, -0.15) is 0 Å². The summed E-state index contributed by atoms with van der Waals surface area (Å²) in [6.45, 7) is 1.60. The number of guanidine groups is 1. The van der Waals surface area contributed by atoms with Gasteiger partial charge in [-0.15, -0.1) is 0 Å². The van der Waals surface area contributed by atoms with Crippen LogP contribution in [0.2, 0.25) is 0 Å². The first-order chi connectivity index (χ1) is 15.0. The zero-order valence-electron chi connectivity index (χ0n) is 16.9. The number of aliphatic imine (C=N–C) groups is 1. The van der Waals surface area contributed by atoms with Crippen molar-refractivity contribution < 1.29 is 19.5 Å². The van der Waals surface area contributed by atoms with Crippen LogP contribution in [-0.4, -0.2) is 49.0 Å². The highest BCUT2D eigenvalue weighted by atomic mass is 16.4. The van der Waals surface area contributed by atoms with Gasteiger partial charge in [-0.1, -0.05) is 12.1 Å². The first-order valence-corrected chi connectivity index (χ1v) is 9.70. The van der Waals surface area contributed by atoms with E-state index < -0.39 is 11.9 Å². The van der Waals surface area contributed by atoms with Crippen LogP contribution in [0.25, 0.3) is 6.08 Å². The first-order valence-electron chi connectivity index (χ1n) is 9.70. The Hall–Kier alpha value is -4.14. The number of nitrogens with one attached hydrogen (secondary N) is 4. The van der Waals surface area contributed by atoms with E-state index >= 15 is 0 Å². The lowest BCUT2D eigenvalue weighted by atomic mass is 10.0. The highest BCUT2D eigenvalue weighted by Gasteiger charge is 2.13. The summed E-state index contributed by atoms with van der Waals surface area (Å²) in [5, 5.41) is 20.4. The van der Waals surface area contributed by atoms with Crippen LogP contribution in [0.15, 0.2) is 53.5 Å². The maximum atomic E-state index is 12.7. The van der Waals surface area contributed by atoms with Crippen LogP contribution in [0.5, 0.6) is 0 Å². The number of carboxylic acid groups (broad SMARTS) is 1. The van der Waals surface area contributed by atoms with E-state index in [9.17, 15) is 14.4 Å². The molecule has 9 heteroatoms. The highest BCUT2D eigenvalue weighted by molar-refractivity contribution is 6.07. The number of carbonyl (C=O) groups excluding carboxylic acids is 2. The van der Waals surface area contributed by atoms with E-state index in [-0.39, 0.29) is 11.5 Å². The molecule has 1 aliphatic heterocycles. The van der Waals surface area contributed by atoms with Gasteiger partial charge in [0.2, 0.25) is 0 Å². The topological polar surface area (TPSA) is 132 Å². The van der Waals surface area contributed by atoms with Crippen LogP contribution in [0.4, 0.5) is 11.4 Å². The van der Waals surface area contributed by atoms with Gasteiger partial charge in [0.15, 0.2) is 5.96 Å². The molecule has 0 radical (unpaired) electrons. The van der Waals surface area contributed by atoms with Gasteiger partial charge in [-0.25, -0.2) is 4.79 Å². The number of benzene rings is 2. The number of aliphatic carboxylic acids is 1. The fourth-order valence-electron chi connectivity index (χ4n) is 2.97. The molecule has 9 nitrogen and oxygen atoms in total. The number of hydrogen-bond donors (Lipinski definition) is 5. The summed E-state index contributed by atoms with van der Waals surface area (Å²) in [6, 6.07) is 11.7. The van der Waals surface area contributed by atoms with E-state index in [0.717, 1.165) is 31.3 Å². The minimum atomic E-state index is -1.12. The van der Waals surface area contributed by atoms with Crippen molar-refractivity contribution in [3.63, 3.8) is 0 Å². The molecule has 0 saturated carbocycles. The van der Waals surface area contributed by atoms with Crippen LogP contribution < -0.4 is 21.3 Å². The second kappa shape index (κ2) is 10.1. The quantitative estimate of drug-likeness (QED) is 0.454. The van der Waals surface area contributed by atoms with E-state index in [1.165, 1.54) is 19.2 Å². The average Bonchev–Trinajstić information content (AvgIpc) is 2.78. The largest absolute Gasteiger partial charge is 0.478 e. The molecule has 0 aromatic heterocycles. The summed E-state index contributed by atoms with van der Waals surface area (Å²) < 4.78 is 0. The van der Waals surface area contributed by atoms with Crippen molar-refractivity contribution in [3.05, 3.63) is 65.2 Å². The third kappa shape index (κ3) is 5.92. The fraction of sp³-hybridized carbons (Fsp3) is 0.182. The molecule has 2 amide bonds. The Morgan fingerprint density at radius 3 is 2.65 bits per heavy atom. The van der Waals surface area contributed by atoms with Crippen molar-refractivity contribution >= 4 is 41.2 Å². The van der Waals surface area contributed by atoms with Gasteiger partial charge >= 0.3 is 5.97 Å². The Bertz CT molecular complexity index is 1060. The number of hydrogen-bond acceptors (Lipinski definition) is 6. The third-order valence-corrected chi connectivity index (χ3v) is 4.47. The number of amides is 2. The molecule has 0 spiro atoms. The summed E-state index contributed by atoms with van der Waals surface area (Å²) in [4.78, 5) is 40.1. The Morgan fingerprint density at radius 1 is 1.10 bits per heavy atom. The van der Waals surface area contributed by atoms with Crippen molar-refractivity contribution in [2.24, 2.45) is 4.99 Å². The van der Waals surface area contributed by atoms with Crippen molar-refractivity contribution in [3.8, 4) is 0 Å². The minimum Gasteiger partial charge on any atom is -0.478 e. The highest BCUT2D eigenvalue weighted by Crippen LogP contribution is 2.19. The molecule has 0 fully saturated rings. The molecule has 5 N–H and O–H groups in total. The van der Waals surface area contributed by atoms with E-state index in [1.807, 2.05) is 6.07 Å². The molecular formula is C22H23N5O4. The van der Waals surface area contributed by atoms with Crippen molar-refractivity contribution in [2.75, 3.05) is 30.8 Å². The van der Waals surface area contributed by atoms with E-state index in [4.69, 9.17) is 5.11 Å². The van der Waals surface area contributed by atoms with E-state index in [1.54, 1.807) is 30.3 Å². The second-order valence-corrected chi connectivity index (χ2v) is 6.72. The summed E-state index contributed by atoms with van der Waals surface area (Å²) in [5.41, 5.74) is 2.23. The van der Waals surface area contributed by atoms with Gasteiger partial charge in [0.25, 0.3) is 11.8 Å². The average molecular weight is 421 g/mol. The van der Waals surface area contributed by atoms with Gasteiger partial charge < -0.3 is 26.4 Å². The zero-order chi connectivity index (χ0) is 22.2. The molecule has 2 aromatic rings. The van der Waals surface area contributed by atoms with Gasteiger partial charge in [-0.3, -0.25) is 14.6 Å². The van der Waals surface area contributed by atoms with Crippen molar-refractivity contribution in [2.45, 2.75) is 6.42 Å². The first kappa shape index (κ1) is 21.6. The molecule has 31 heavy (non-hydrogen) atoms. The zero-order valence-corrected chi connectivity index (χ0v) is 16.9. The number of anilines is 2. The molecule has 0 unspecified atom stereocenters. The SMILES string of the molecule is CNC(=O)c1cc(NC(=O)c2cccc(NC3=NCCCN3)c2)ccc1C=CC(=O)O. The van der Waals surface area contributed by atoms with Gasteiger partial charge in [0.1, 0.15) is 0 Å². The number of rotatable bonds is 6. The summed E-state index contributed by atoms with van der Waals surface area (Å²) in [6.07, 6.45) is 3.26. The predicted molar refractivity (Wildman–Crippen MR) is 119 cm³/mol. The lowest BCUT2D eigenvalue weighted by Gasteiger charge is -2.16. The summed E-state index contributed by atoms with van der Waals surface area (Å²) >= 11 is 0. The Kier molecular flexibility index (Phi) is 7.00. The molecular weight excluding hydrogens is 398 g/mol. The third-order valence-electron chi connectivity index (χ3n) is 4.47. The van der Waals surface area contributed by atoms with Crippen LogP contribution in [0.1, 0.15) is 32.7 Å². The summed E-state index contributed by atoms with van der Waals surface area (Å²) in [5.74, 6) is -1.20. The molecule has 0 saturated heterocycles. The molecule has 1 aliphatic rings. The van der Waals surface area contributed by atoms with Crippen LogP contribution in [0.3, 0.4) is 0 Å². The maximum absolute atomic E-state index is 12.7. The lowest BCUT2D eigenvalue weighted by Crippen LogP contribution is -2.35. The molecule has 0 bridgehead atoms. The Morgan fingerprint density at radius 2 is 1.94 bits per heavy atom. The van der Waals surface area contributed by atoms with Crippen LogP contribution in [-0.2, 0) is 4.79 Å². The smallest absolute Gasteiger partial charge is 0.328 e. The number of carbonyl (C=O) groups is 3. The monoisotopic (exact) mass is 421 g/mol. The van der Waals surface area contributed by atoms with Crippen LogP contribution >= 0.6 is 0 Å². The minimum absolute atomic E-state index is 0.245. The molecule has 3 rings (SSSR count).